The van der Waals surface area contributed by atoms with Gasteiger partial charge < -0.3 is 9.47 Å². The van der Waals surface area contributed by atoms with Crippen molar-refractivity contribution in [3.8, 4) is 0 Å². The lowest BCUT2D eigenvalue weighted by Crippen LogP contribution is -2.32. The van der Waals surface area contributed by atoms with E-state index in [1.54, 1.807) is 20.8 Å². The van der Waals surface area contributed by atoms with Crippen LogP contribution in [0.2, 0.25) is 0 Å². The van der Waals surface area contributed by atoms with E-state index in [-0.39, 0.29) is 12.4 Å². The van der Waals surface area contributed by atoms with Gasteiger partial charge in [0.2, 0.25) is 5.88 Å². The lowest BCUT2D eigenvalue weighted by atomic mass is 10.2. The summed E-state index contributed by atoms with van der Waals surface area (Å²) in [7, 11) is 0. The van der Waals surface area contributed by atoms with Crippen molar-refractivity contribution < 1.29 is 19.1 Å². The van der Waals surface area contributed by atoms with Crippen molar-refractivity contribution in [3.05, 3.63) is 41.8 Å². The third-order valence-electron chi connectivity index (χ3n) is 1.90. The van der Waals surface area contributed by atoms with E-state index in [0.717, 1.165) is 5.56 Å². The summed E-state index contributed by atoms with van der Waals surface area (Å²) in [6, 6.07) is 9.14. The fourth-order valence-corrected chi connectivity index (χ4v) is 1.26. The van der Waals surface area contributed by atoms with Crippen molar-refractivity contribution in [3.63, 3.8) is 0 Å². The Labute approximate surface area is 112 Å². The number of hydrogen-bond acceptors (Lipinski definition) is 4. The zero-order chi connectivity index (χ0) is 14.3. The molecule has 5 heteroatoms. The summed E-state index contributed by atoms with van der Waals surface area (Å²) in [6.45, 7) is 5.47. The summed E-state index contributed by atoms with van der Waals surface area (Å²) >= 11 is 0. The molecule has 5 nitrogen and oxygen atoms in total. The monoisotopic (exact) mass is 263 g/mol. The van der Waals surface area contributed by atoms with Gasteiger partial charge in [-0.2, -0.15) is 0 Å². The summed E-state index contributed by atoms with van der Waals surface area (Å²) in [6.07, 6.45) is 0.842. The van der Waals surface area contributed by atoms with E-state index in [0.29, 0.717) is 0 Å². The van der Waals surface area contributed by atoms with Gasteiger partial charge in [0.05, 0.1) is 0 Å². The fraction of sp³-hybridized carbons (Fsp3) is 0.286. The second-order valence-electron chi connectivity index (χ2n) is 4.76. The molecule has 0 unspecified atom stereocenters. The summed E-state index contributed by atoms with van der Waals surface area (Å²) in [5.41, 5.74) is 0.166. The number of rotatable bonds is 4. The summed E-state index contributed by atoms with van der Waals surface area (Å²) in [4.78, 5) is 22.0. The minimum Gasteiger partial charge on any atom is -0.444 e. The molecular weight excluding hydrogens is 246 g/mol. The average Bonchev–Trinajstić information content (AvgIpc) is 2.27. The minimum atomic E-state index is -0.684. The van der Waals surface area contributed by atoms with Crippen molar-refractivity contribution >= 4 is 18.6 Å². The quantitative estimate of drug-likeness (QED) is 0.670. The molecule has 0 bridgehead atoms. The maximum absolute atomic E-state index is 11.6. The number of amides is 1. The van der Waals surface area contributed by atoms with Crippen LogP contribution in [-0.4, -0.2) is 18.2 Å². The van der Waals surface area contributed by atoms with Gasteiger partial charge in [-0.15, -0.1) is 0 Å². The topological polar surface area (TPSA) is 64.6 Å². The Kier molecular flexibility index (Phi) is 5.11. The Balaban J connectivity index is 2.76. The lowest BCUT2D eigenvalue weighted by molar-refractivity contribution is -0.125. The number of alkyl carbamates (subject to hydrolysis) is 1. The molecule has 0 aromatic heterocycles. The van der Waals surface area contributed by atoms with Gasteiger partial charge in [0.15, 0.2) is 0 Å². The van der Waals surface area contributed by atoms with Gasteiger partial charge in [0.1, 0.15) is 5.60 Å². The smallest absolute Gasteiger partial charge is 0.414 e. The van der Waals surface area contributed by atoms with Crippen LogP contribution in [0.5, 0.6) is 0 Å². The number of carbonyl (C=O) groups excluding carboxylic acids is 2. The van der Waals surface area contributed by atoms with Crippen molar-refractivity contribution in [2.24, 2.45) is 0 Å². The largest absolute Gasteiger partial charge is 0.444 e. The Bertz CT molecular complexity index is 460. The Morgan fingerprint density at radius 1 is 1.21 bits per heavy atom. The summed E-state index contributed by atoms with van der Waals surface area (Å²) in [5, 5.41) is 2.37. The van der Waals surface area contributed by atoms with Crippen molar-refractivity contribution in [2.75, 3.05) is 0 Å². The van der Waals surface area contributed by atoms with Gasteiger partial charge in [-0.1, -0.05) is 30.3 Å². The zero-order valence-electron chi connectivity index (χ0n) is 11.2. The molecule has 0 aliphatic heterocycles. The third-order valence-corrected chi connectivity index (χ3v) is 1.90. The Morgan fingerprint density at radius 2 is 1.84 bits per heavy atom. The molecule has 1 aromatic carbocycles. The predicted molar refractivity (Wildman–Crippen MR) is 70.9 cm³/mol. The molecule has 0 saturated heterocycles. The van der Waals surface area contributed by atoms with E-state index >= 15 is 0 Å². The molecule has 1 amide bonds. The minimum absolute atomic E-state index is 0.00968. The average molecular weight is 263 g/mol. The second-order valence-corrected chi connectivity index (χ2v) is 4.76. The number of hydrogen-bond donors (Lipinski definition) is 1. The molecule has 1 N–H and O–H groups in total. The van der Waals surface area contributed by atoms with Crippen molar-refractivity contribution in [2.45, 2.75) is 26.4 Å². The van der Waals surface area contributed by atoms with Crippen LogP contribution in [0.3, 0.4) is 0 Å². The van der Waals surface area contributed by atoms with E-state index < -0.39 is 11.7 Å². The van der Waals surface area contributed by atoms with E-state index in [4.69, 9.17) is 9.47 Å². The first kappa shape index (κ1) is 14.8. The Morgan fingerprint density at radius 3 is 2.37 bits per heavy atom. The molecule has 0 saturated carbocycles. The van der Waals surface area contributed by atoms with Crippen LogP contribution in [0.4, 0.5) is 4.79 Å². The normalized spacial score (nSPS) is 11.6. The Hall–Kier alpha value is -2.30. The summed E-state index contributed by atoms with van der Waals surface area (Å²) < 4.78 is 9.77. The highest BCUT2D eigenvalue weighted by Crippen LogP contribution is 2.09. The van der Waals surface area contributed by atoms with Crippen molar-refractivity contribution in [1.29, 1.82) is 0 Å². The van der Waals surface area contributed by atoms with Crippen LogP contribution >= 0.6 is 0 Å². The lowest BCUT2D eigenvalue weighted by Gasteiger charge is -2.19. The second kappa shape index (κ2) is 6.58. The first-order chi connectivity index (χ1) is 8.90. The van der Waals surface area contributed by atoms with Gasteiger partial charge in [0, 0.05) is 6.08 Å². The highest BCUT2D eigenvalue weighted by molar-refractivity contribution is 5.72. The first-order valence-electron chi connectivity index (χ1n) is 5.78. The van der Waals surface area contributed by atoms with Crippen LogP contribution in [0, 0.1) is 0 Å². The van der Waals surface area contributed by atoms with Gasteiger partial charge in [-0.3, -0.25) is 10.1 Å². The van der Waals surface area contributed by atoms with Gasteiger partial charge >= 0.3 is 6.09 Å². The van der Waals surface area contributed by atoms with E-state index in [1.807, 2.05) is 30.3 Å². The highest BCUT2D eigenvalue weighted by atomic mass is 16.6. The maximum atomic E-state index is 11.6. The van der Waals surface area contributed by atoms with Crippen LogP contribution in [0.15, 0.2) is 36.2 Å². The number of benzene rings is 1. The predicted octanol–water partition coefficient (Wildman–Crippen LogP) is 2.68. The standard InChI is InChI=1S/C14H17NO4/c1-14(2,3)19-13(17)15-12(18-10-16)9-11-7-5-4-6-8-11/h4-10H,1-3H3,(H,15,17). The molecule has 0 aliphatic rings. The molecule has 0 radical (unpaired) electrons. The SMILES string of the molecule is CC(C)(C)OC(=O)NC(=Cc1ccccc1)OC=O. The molecule has 0 heterocycles. The molecule has 1 rings (SSSR count). The van der Waals surface area contributed by atoms with E-state index in [1.165, 1.54) is 6.08 Å². The van der Waals surface area contributed by atoms with Crippen LogP contribution in [0.25, 0.3) is 6.08 Å². The first-order valence-corrected chi connectivity index (χ1v) is 5.78. The molecule has 0 fully saturated rings. The third kappa shape index (κ3) is 6.26. The van der Waals surface area contributed by atoms with Gasteiger partial charge in [0.25, 0.3) is 6.47 Å². The number of ether oxygens (including phenoxy) is 2. The van der Waals surface area contributed by atoms with Crippen molar-refractivity contribution in [1.82, 2.24) is 5.32 Å². The number of nitrogens with one attached hydrogen (secondary N) is 1. The van der Waals surface area contributed by atoms with Crippen LogP contribution in [-0.2, 0) is 14.3 Å². The van der Waals surface area contributed by atoms with Gasteiger partial charge in [-0.25, -0.2) is 4.79 Å². The van der Waals surface area contributed by atoms with Crippen LogP contribution < -0.4 is 5.32 Å². The molecule has 102 valence electrons. The number of carbonyl (C=O) groups is 2. The molecule has 19 heavy (non-hydrogen) atoms. The molecule has 0 aliphatic carbocycles. The van der Waals surface area contributed by atoms with Crippen LogP contribution in [0.1, 0.15) is 26.3 Å². The van der Waals surface area contributed by atoms with Gasteiger partial charge in [-0.05, 0) is 26.3 Å². The fourth-order valence-electron chi connectivity index (χ4n) is 1.26. The zero-order valence-corrected chi connectivity index (χ0v) is 11.2. The summed E-state index contributed by atoms with van der Waals surface area (Å²) in [5.74, 6) is 0.00968. The molecular formula is C14H17NO4. The molecule has 1 aromatic rings. The molecule has 0 spiro atoms. The van der Waals surface area contributed by atoms with E-state index in [9.17, 15) is 9.59 Å². The highest BCUT2D eigenvalue weighted by Gasteiger charge is 2.17. The van der Waals surface area contributed by atoms with E-state index in [2.05, 4.69) is 5.32 Å². The molecule has 0 atom stereocenters. The maximum Gasteiger partial charge on any atom is 0.414 e.